The van der Waals surface area contributed by atoms with Gasteiger partial charge in [-0.2, -0.15) is 0 Å². The summed E-state index contributed by atoms with van der Waals surface area (Å²) in [5.41, 5.74) is 0.682. The van der Waals surface area contributed by atoms with Crippen LogP contribution in [0.4, 0.5) is 0 Å². The average Bonchev–Trinajstić information content (AvgIpc) is 3.52. The van der Waals surface area contributed by atoms with Gasteiger partial charge in [-0.3, -0.25) is 14.4 Å². The van der Waals surface area contributed by atoms with Crippen molar-refractivity contribution in [3.8, 4) is 0 Å². The van der Waals surface area contributed by atoms with E-state index in [1.54, 1.807) is 0 Å². The van der Waals surface area contributed by atoms with Crippen LogP contribution in [-0.4, -0.2) is 47.3 Å². The molecule has 3 fully saturated rings. The molecule has 3 amide bonds. The Hall–Kier alpha value is -2.37. The Balaban J connectivity index is 1.20. The van der Waals surface area contributed by atoms with E-state index in [-0.39, 0.29) is 35.8 Å². The first-order valence-electron chi connectivity index (χ1n) is 12.6. The lowest BCUT2D eigenvalue weighted by molar-refractivity contribution is -0.139. The maximum absolute atomic E-state index is 13.0. The minimum absolute atomic E-state index is 0.00786. The molecule has 0 aromatic heterocycles. The monoisotopic (exact) mass is 439 g/mol. The molecule has 0 spiro atoms. The van der Waals surface area contributed by atoms with E-state index in [0.717, 1.165) is 44.9 Å². The number of carbonyl (C=O) groups is 3. The third kappa shape index (κ3) is 5.90. The fraction of sp³-hybridized carbons (Fsp3) is 0.654. The number of likely N-dealkylation sites (tertiary alicyclic amines) is 1. The Kier molecular flexibility index (Phi) is 7.82. The zero-order valence-electron chi connectivity index (χ0n) is 19.1. The summed E-state index contributed by atoms with van der Waals surface area (Å²) < 4.78 is 0. The summed E-state index contributed by atoms with van der Waals surface area (Å²) in [6.07, 6.45) is 11.8. The van der Waals surface area contributed by atoms with Crippen molar-refractivity contribution in [2.24, 2.45) is 5.92 Å². The van der Waals surface area contributed by atoms with Gasteiger partial charge < -0.3 is 15.5 Å². The second kappa shape index (κ2) is 11.0. The van der Waals surface area contributed by atoms with Crippen LogP contribution < -0.4 is 10.6 Å². The maximum atomic E-state index is 13.0. The van der Waals surface area contributed by atoms with Gasteiger partial charge in [0.05, 0.1) is 0 Å². The molecule has 0 bridgehead atoms. The van der Waals surface area contributed by atoms with Crippen LogP contribution in [0.2, 0.25) is 0 Å². The molecule has 32 heavy (non-hydrogen) atoms. The van der Waals surface area contributed by atoms with Gasteiger partial charge in [0, 0.05) is 30.6 Å². The van der Waals surface area contributed by atoms with Gasteiger partial charge in [-0.1, -0.05) is 43.9 Å². The SMILES string of the molecule is O=C(NC1CCC(NC(=O)[C@@H]2CCCN2C(=O)CCC2CCCC2)CC1)c1ccccc1. The lowest BCUT2D eigenvalue weighted by Crippen LogP contribution is -2.50. The summed E-state index contributed by atoms with van der Waals surface area (Å²) >= 11 is 0. The van der Waals surface area contributed by atoms with E-state index in [1.807, 2.05) is 35.2 Å². The Bertz CT molecular complexity index is 783. The third-order valence-corrected chi connectivity index (χ3v) is 7.56. The van der Waals surface area contributed by atoms with E-state index in [4.69, 9.17) is 0 Å². The summed E-state index contributed by atoms with van der Waals surface area (Å²) in [6.45, 7) is 0.708. The van der Waals surface area contributed by atoms with Gasteiger partial charge in [0.15, 0.2) is 0 Å². The van der Waals surface area contributed by atoms with E-state index >= 15 is 0 Å². The van der Waals surface area contributed by atoms with Crippen molar-refractivity contribution >= 4 is 17.7 Å². The van der Waals surface area contributed by atoms with Crippen molar-refractivity contribution in [1.82, 2.24) is 15.5 Å². The normalized spacial score (nSPS) is 26.1. The molecule has 1 saturated heterocycles. The van der Waals surface area contributed by atoms with E-state index in [0.29, 0.717) is 24.4 Å². The predicted octanol–water partition coefficient (Wildman–Crippen LogP) is 3.81. The van der Waals surface area contributed by atoms with E-state index in [1.165, 1.54) is 25.7 Å². The van der Waals surface area contributed by atoms with Gasteiger partial charge in [0.25, 0.3) is 5.91 Å². The minimum atomic E-state index is -0.304. The molecule has 0 radical (unpaired) electrons. The number of nitrogens with one attached hydrogen (secondary N) is 2. The lowest BCUT2D eigenvalue weighted by atomic mass is 9.90. The lowest BCUT2D eigenvalue weighted by Gasteiger charge is -2.32. The molecule has 1 aromatic rings. The summed E-state index contributed by atoms with van der Waals surface area (Å²) in [5.74, 6) is 0.831. The van der Waals surface area contributed by atoms with Crippen molar-refractivity contribution < 1.29 is 14.4 Å². The number of benzene rings is 1. The van der Waals surface area contributed by atoms with Crippen LogP contribution in [0.3, 0.4) is 0 Å². The van der Waals surface area contributed by atoms with E-state index in [9.17, 15) is 14.4 Å². The molecular weight excluding hydrogens is 402 g/mol. The maximum Gasteiger partial charge on any atom is 0.251 e. The van der Waals surface area contributed by atoms with Gasteiger partial charge in [-0.25, -0.2) is 0 Å². The number of rotatable bonds is 7. The van der Waals surface area contributed by atoms with Gasteiger partial charge in [0.1, 0.15) is 6.04 Å². The first kappa shape index (κ1) is 22.8. The topological polar surface area (TPSA) is 78.5 Å². The van der Waals surface area contributed by atoms with Gasteiger partial charge in [-0.15, -0.1) is 0 Å². The highest BCUT2D eigenvalue weighted by molar-refractivity contribution is 5.94. The predicted molar refractivity (Wildman–Crippen MR) is 124 cm³/mol. The molecule has 1 heterocycles. The minimum Gasteiger partial charge on any atom is -0.352 e. The fourth-order valence-corrected chi connectivity index (χ4v) is 5.65. The van der Waals surface area contributed by atoms with Gasteiger partial charge in [-0.05, 0) is 63.0 Å². The molecular formula is C26H37N3O3. The Morgan fingerprint density at radius 3 is 2.16 bits per heavy atom. The number of carbonyl (C=O) groups excluding carboxylic acids is 3. The van der Waals surface area contributed by atoms with Crippen LogP contribution >= 0.6 is 0 Å². The van der Waals surface area contributed by atoms with Crippen LogP contribution in [0.15, 0.2) is 30.3 Å². The van der Waals surface area contributed by atoms with Crippen LogP contribution in [0.25, 0.3) is 0 Å². The van der Waals surface area contributed by atoms with Gasteiger partial charge in [0.2, 0.25) is 11.8 Å². The molecule has 2 aliphatic carbocycles. The zero-order valence-corrected chi connectivity index (χ0v) is 19.1. The molecule has 174 valence electrons. The quantitative estimate of drug-likeness (QED) is 0.678. The van der Waals surface area contributed by atoms with Crippen LogP contribution in [0.5, 0.6) is 0 Å². The highest BCUT2D eigenvalue weighted by Gasteiger charge is 2.35. The van der Waals surface area contributed by atoms with E-state index < -0.39 is 0 Å². The molecule has 1 aliphatic heterocycles. The molecule has 6 heteroatoms. The third-order valence-electron chi connectivity index (χ3n) is 7.56. The Labute approximate surface area is 191 Å². The molecule has 2 N–H and O–H groups in total. The largest absolute Gasteiger partial charge is 0.352 e. The second-order valence-electron chi connectivity index (χ2n) is 9.83. The average molecular weight is 440 g/mol. The van der Waals surface area contributed by atoms with Crippen LogP contribution in [0, 0.1) is 5.92 Å². The summed E-state index contributed by atoms with van der Waals surface area (Å²) in [4.78, 5) is 39.9. The fourth-order valence-electron chi connectivity index (χ4n) is 5.65. The molecule has 0 unspecified atom stereocenters. The second-order valence-corrected chi connectivity index (χ2v) is 9.83. The molecule has 6 nitrogen and oxygen atoms in total. The summed E-state index contributed by atoms with van der Waals surface area (Å²) in [6, 6.07) is 9.26. The summed E-state index contributed by atoms with van der Waals surface area (Å²) in [7, 11) is 0. The first-order chi connectivity index (χ1) is 15.6. The highest BCUT2D eigenvalue weighted by Crippen LogP contribution is 2.29. The van der Waals surface area contributed by atoms with Crippen LogP contribution in [0.1, 0.15) is 87.4 Å². The Morgan fingerprint density at radius 1 is 0.812 bits per heavy atom. The number of hydrogen-bond acceptors (Lipinski definition) is 3. The van der Waals surface area contributed by atoms with Crippen molar-refractivity contribution in [2.45, 2.75) is 95.2 Å². The first-order valence-corrected chi connectivity index (χ1v) is 12.6. The molecule has 1 aromatic carbocycles. The van der Waals surface area contributed by atoms with Crippen molar-refractivity contribution in [3.63, 3.8) is 0 Å². The number of hydrogen-bond donors (Lipinski definition) is 2. The molecule has 2 saturated carbocycles. The van der Waals surface area contributed by atoms with Crippen molar-refractivity contribution in [2.75, 3.05) is 6.54 Å². The van der Waals surface area contributed by atoms with Gasteiger partial charge >= 0.3 is 0 Å². The van der Waals surface area contributed by atoms with Crippen molar-refractivity contribution in [3.05, 3.63) is 35.9 Å². The summed E-state index contributed by atoms with van der Waals surface area (Å²) in [5, 5.41) is 6.32. The van der Waals surface area contributed by atoms with E-state index in [2.05, 4.69) is 10.6 Å². The standard InChI is InChI=1S/C26H37N3O3/c30-24(17-12-19-7-4-5-8-19)29-18-6-11-23(29)26(32)28-22-15-13-21(14-16-22)27-25(31)20-9-2-1-3-10-20/h1-3,9-10,19,21-23H,4-8,11-18H2,(H,27,31)(H,28,32)/t21?,22?,23-/m0/s1. The number of nitrogens with zero attached hydrogens (tertiary/aromatic N) is 1. The smallest absolute Gasteiger partial charge is 0.251 e. The molecule has 4 rings (SSSR count). The number of amides is 3. The zero-order chi connectivity index (χ0) is 22.3. The van der Waals surface area contributed by atoms with Crippen LogP contribution in [-0.2, 0) is 9.59 Å². The molecule has 3 aliphatic rings. The Morgan fingerprint density at radius 2 is 1.47 bits per heavy atom. The highest BCUT2D eigenvalue weighted by atomic mass is 16.2. The molecule has 1 atom stereocenters. The van der Waals surface area contributed by atoms with Crippen molar-refractivity contribution in [1.29, 1.82) is 0 Å².